The van der Waals surface area contributed by atoms with Gasteiger partial charge in [-0.3, -0.25) is 9.69 Å². The van der Waals surface area contributed by atoms with Crippen molar-refractivity contribution >= 4 is 22.6 Å². The van der Waals surface area contributed by atoms with Crippen LogP contribution in [0.5, 0.6) is 0 Å². The fraction of sp³-hybridized carbons (Fsp3) is 0.267. The first-order chi connectivity index (χ1) is 18.2. The van der Waals surface area contributed by atoms with Crippen LogP contribution in [0.3, 0.4) is 0 Å². The Kier molecular flexibility index (Phi) is 7.33. The standard InChI is InChI=1S/C30H26ClFN2O4/c1-2-30(37)11-12-34(18-29(30)36)17-23-15-27(35)24-13-19(4-10-28(24)38-23)3-9-26-25(32)14-21(16-33-26)20-5-7-22(31)8-6-20/h4-8,10,13-16,29,36-37H,2,11-12,17-18H2,1H3/t29-,30+/m0/s1. The molecule has 2 aromatic carbocycles. The molecule has 38 heavy (non-hydrogen) atoms. The normalized spacial score (nSPS) is 19.8. The van der Waals surface area contributed by atoms with Crippen molar-refractivity contribution in [2.45, 2.75) is 38.0 Å². The highest BCUT2D eigenvalue weighted by Crippen LogP contribution is 2.27. The number of likely N-dealkylation sites (tertiary alicyclic amines) is 1. The molecule has 2 aromatic heterocycles. The quantitative estimate of drug-likeness (QED) is 0.369. The number of pyridine rings is 1. The van der Waals surface area contributed by atoms with Crippen LogP contribution in [-0.4, -0.2) is 44.9 Å². The van der Waals surface area contributed by atoms with Crippen molar-refractivity contribution in [2.24, 2.45) is 0 Å². The van der Waals surface area contributed by atoms with Gasteiger partial charge in [0.1, 0.15) is 17.0 Å². The van der Waals surface area contributed by atoms with Crippen molar-refractivity contribution in [3.05, 3.63) is 98.9 Å². The predicted octanol–water partition coefficient (Wildman–Crippen LogP) is 4.76. The second-order valence-corrected chi connectivity index (χ2v) is 9.99. The van der Waals surface area contributed by atoms with Crippen molar-refractivity contribution in [2.75, 3.05) is 13.1 Å². The van der Waals surface area contributed by atoms with Crippen molar-refractivity contribution in [1.82, 2.24) is 9.88 Å². The van der Waals surface area contributed by atoms with Gasteiger partial charge in [0.2, 0.25) is 0 Å². The molecule has 0 saturated carbocycles. The number of hydrogen-bond acceptors (Lipinski definition) is 6. The van der Waals surface area contributed by atoms with Crippen LogP contribution in [0.2, 0.25) is 5.02 Å². The summed E-state index contributed by atoms with van der Waals surface area (Å²) >= 11 is 5.92. The van der Waals surface area contributed by atoms with Crippen molar-refractivity contribution in [3.63, 3.8) is 0 Å². The van der Waals surface area contributed by atoms with Crippen LogP contribution in [0.4, 0.5) is 4.39 Å². The van der Waals surface area contributed by atoms with Crippen molar-refractivity contribution in [3.8, 4) is 23.0 Å². The molecule has 0 bridgehead atoms. The van der Waals surface area contributed by atoms with Crippen LogP contribution in [0.1, 0.15) is 36.8 Å². The fourth-order valence-electron chi connectivity index (χ4n) is 4.62. The molecule has 4 aromatic rings. The van der Waals surface area contributed by atoms with E-state index in [2.05, 4.69) is 16.8 Å². The van der Waals surface area contributed by atoms with Gasteiger partial charge in [0.05, 0.1) is 23.6 Å². The second-order valence-electron chi connectivity index (χ2n) is 9.56. The van der Waals surface area contributed by atoms with Gasteiger partial charge in [0.15, 0.2) is 11.2 Å². The highest BCUT2D eigenvalue weighted by molar-refractivity contribution is 6.30. The minimum atomic E-state index is -1.07. The summed E-state index contributed by atoms with van der Waals surface area (Å²) in [6, 6.07) is 14.8. The Morgan fingerprint density at radius 3 is 2.66 bits per heavy atom. The molecule has 1 aliphatic rings. The van der Waals surface area contributed by atoms with E-state index in [4.69, 9.17) is 16.0 Å². The van der Waals surface area contributed by atoms with Gasteiger partial charge in [-0.15, -0.1) is 0 Å². The average Bonchev–Trinajstić information content (AvgIpc) is 2.91. The molecule has 5 rings (SSSR count). The number of piperidine rings is 1. The summed E-state index contributed by atoms with van der Waals surface area (Å²) in [7, 11) is 0. The molecule has 1 aliphatic heterocycles. The SMILES string of the molecule is CC[C@@]1(O)CCN(Cc2cc(=O)c3cc(C#Cc4ncc(-c5ccc(Cl)cc5)cc4F)ccc3o2)C[C@@H]1O. The fourth-order valence-corrected chi connectivity index (χ4v) is 4.75. The molecule has 0 radical (unpaired) electrons. The summed E-state index contributed by atoms with van der Waals surface area (Å²) in [6.45, 7) is 3.08. The van der Waals surface area contributed by atoms with E-state index in [1.54, 1.807) is 48.7 Å². The third-order valence-corrected chi connectivity index (χ3v) is 7.28. The van der Waals surface area contributed by atoms with Crippen LogP contribution < -0.4 is 5.43 Å². The summed E-state index contributed by atoms with van der Waals surface area (Å²) in [4.78, 5) is 18.9. The van der Waals surface area contributed by atoms with E-state index in [0.29, 0.717) is 65.4 Å². The van der Waals surface area contributed by atoms with Crippen LogP contribution in [0, 0.1) is 17.7 Å². The zero-order valence-corrected chi connectivity index (χ0v) is 21.5. The smallest absolute Gasteiger partial charge is 0.193 e. The molecular weight excluding hydrogens is 507 g/mol. The van der Waals surface area contributed by atoms with Gasteiger partial charge in [-0.05, 0) is 60.7 Å². The van der Waals surface area contributed by atoms with E-state index in [-0.39, 0.29) is 11.1 Å². The van der Waals surface area contributed by atoms with E-state index < -0.39 is 17.5 Å². The van der Waals surface area contributed by atoms with Gasteiger partial charge in [-0.1, -0.05) is 36.6 Å². The average molecular weight is 533 g/mol. The Labute approximate surface area is 224 Å². The first-order valence-corrected chi connectivity index (χ1v) is 12.7. The van der Waals surface area contributed by atoms with Gasteiger partial charge in [0, 0.05) is 41.5 Å². The van der Waals surface area contributed by atoms with Gasteiger partial charge in [-0.2, -0.15) is 0 Å². The Hall–Kier alpha value is -3.54. The zero-order chi connectivity index (χ0) is 26.9. The third-order valence-electron chi connectivity index (χ3n) is 7.03. The lowest BCUT2D eigenvalue weighted by Crippen LogP contribution is -2.54. The lowest BCUT2D eigenvalue weighted by atomic mass is 9.86. The van der Waals surface area contributed by atoms with Gasteiger partial charge >= 0.3 is 0 Å². The topological polar surface area (TPSA) is 86.8 Å². The Morgan fingerprint density at radius 2 is 1.95 bits per heavy atom. The largest absolute Gasteiger partial charge is 0.459 e. The number of aliphatic hydroxyl groups is 2. The Balaban J connectivity index is 1.33. The Morgan fingerprint density at radius 1 is 1.16 bits per heavy atom. The Bertz CT molecular complexity index is 1610. The van der Waals surface area contributed by atoms with E-state index >= 15 is 0 Å². The zero-order valence-electron chi connectivity index (χ0n) is 20.7. The number of aromatic nitrogens is 1. The number of fused-ring (bicyclic) bond motifs is 1. The molecule has 0 amide bonds. The molecule has 1 fully saturated rings. The summed E-state index contributed by atoms with van der Waals surface area (Å²) in [5.41, 5.74) is 1.06. The molecule has 0 spiro atoms. The van der Waals surface area contributed by atoms with E-state index in [0.717, 1.165) is 5.56 Å². The molecule has 2 atom stereocenters. The van der Waals surface area contributed by atoms with Crippen molar-refractivity contribution in [1.29, 1.82) is 0 Å². The van der Waals surface area contributed by atoms with Gasteiger partial charge in [-0.25, -0.2) is 9.37 Å². The molecule has 0 unspecified atom stereocenters. The number of aliphatic hydroxyl groups excluding tert-OH is 1. The maximum absolute atomic E-state index is 14.7. The van der Waals surface area contributed by atoms with Crippen LogP contribution in [-0.2, 0) is 6.54 Å². The highest BCUT2D eigenvalue weighted by atomic mass is 35.5. The minimum Gasteiger partial charge on any atom is -0.459 e. The summed E-state index contributed by atoms with van der Waals surface area (Å²) < 4.78 is 20.6. The monoisotopic (exact) mass is 532 g/mol. The predicted molar refractivity (Wildman–Crippen MR) is 144 cm³/mol. The van der Waals surface area contributed by atoms with Crippen molar-refractivity contribution < 1.29 is 19.0 Å². The summed E-state index contributed by atoms with van der Waals surface area (Å²) in [5.74, 6) is 5.55. The lowest BCUT2D eigenvalue weighted by molar-refractivity contribution is -0.122. The summed E-state index contributed by atoms with van der Waals surface area (Å²) in [5, 5.41) is 21.7. The third kappa shape index (κ3) is 5.50. The number of β-amino-alcohol motifs (C(OH)–C–C–N with tert-alkyl or cyclic N) is 1. The van der Waals surface area contributed by atoms with Gasteiger partial charge in [0.25, 0.3) is 0 Å². The van der Waals surface area contributed by atoms with E-state index in [9.17, 15) is 19.4 Å². The molecule has 0 aliphatic carbocycles. The van der Waals surface area contributed by atoms with Crippen LogP contribution in [0.15, 0.2) is 70.0 Å². The van der Waals surface area contributed by atoms with Gasteiger partial charge < -0.3 is 14.6 Å². The molecule has 3 heterocycles. The number of nitrogens with zero attached hydrogens (tertiary/aromatic N) is 2. The van der Waals surface area contributed by atoms with Crippen LogP contribution >= 0.6 is 11.6 Å². The number of hydrogen-bond donors (Lipinski definition) is 2. The number of rotatable bonds is 4. The molecular formula is C30H26ClFN2O4. The van der Waals surface area contributed by atoms with E-state index in [1.807, 2.05) is 11.8 Å². The number of halogens is 2. The molecule has 6 nitrogen and oxygen atoms in total. The van der Waals surface area contributed by atoms with E-state index in [1.165, 1.54) is 12.1 Å². The maximum Gasteiger partial charge on any atom is 0.193 e. The highest BCUT2D eigenvalue weighted by Gasteiger charge is 2.39. The maximum atomic E-state index is 14.7. The second kappa shape index (κ2) is 10.7. The first kappa shape index (κ1) is 26.1. The lowest BCUT2D eigenvalue weighted by Gasteiger charge is -2.41. The molecule has 2 N–H and O–H groups in total. The first-order valence-electron chi connectivity index (χ1n) is 12.4. The van der Waals surface area contributed by atoms with Crippen LogP contribution in [0.25, 0.3) is 22.1 Å². The minimum absolute atomic E-state index is 0.00360. The molecule has 8 heteroatoms. The molecule has 1 saturated heterocycles. The summed E-state index contributed by atoms with van der Waals surface area (Å²) in [6.07, 6.45) is 1.62. The number of benzene rings is 2. The molecule has 194 valence electrons.